The minimum Gasteiger partial charge on any atom is -0.361 e. The van der Waals surface area contributed by atoms with Gasteiger partial charge in [0.05, 0.1) is 12.2 Å². The molecule has 0 saturated heterocycles. The molecule has 5 heteroatoms. The van der Waals surface area contributed by atoms with Gasteiger partial charge in [-0.3, -0.25) is 4.68 Å². The Morgan fingerprint density at radius 1 is 1.14 bits per heavy atom. The molecule has 0 saturated carbocycles. The van der Waals surface area contributed by atoms with Crippen LogP contribution in [0, 0.1) is 0 Å². The fraction of sp³-hybridized carbons (Fsp3) is 0.333. The summed E-state index contributed by atoms with van der Waals surface area (Å²) in [6, 6.07) is 17.6. The standard InChI is InChI=1S/C24H27N5/c1-24(2,21-14-26-22-10-6-5-9-20(21)22)16-29-15-18(27-28-29)13-25-23-12-11-17-7-3-4-8-19(17)23/h3-10,14-15,23,25-26H,11-13,16H2,1-2H3/t23-/m1/s1. The number of H-pyrrole nitrogens is 1. The van der Waals surface area contributed by atoms with Crippen molar-refractivity contribution in [3.05, 3.63) is 83.3 Å². The second-order valence-electron chi connectivity index (χ2n) is 8.71. The van der Waals surface area contributed by atoms with Crippen molar-refractivity contribution in [2.75, 3.05) is 0 Å². The van der Waals surface area contributed by atoms with Crippen molar-refractivity contribution in [3.8, 4) is 0 Å². The second kappa shape index (κ2) is 7.16. The van der Waals surface area contributed by atoms with Crippen molar-refractivity contribution in [1.29, 1.82) is 0 Å². The van der Waals surface area contributed by atoms with E-state index in [9.17, 15) is 0 Å². The molecule has 0 bridgehead atoms. The zero-order chi connectivity index (χ0) is 19.8. The lowest BCUT2D eigenvalue weighted by Crippen LogP contribution is -2.24. The van der Waals surface area contributed by atoms with Gasteiger partial charge >= 0.3 is 0 Å². The topological polar surface area (TPSA) is 58.5 Å². The van der Waals surface area contributed by atoms with Gasteiger partial charge in [-0.15, -0.1) is 5.10 Å². The molecule has 2 N–H and O–H groups in total. The molecule has 0 fully saturated rings. The van der Waals surface area contributed by atoms with Gasteiger partial charge in [-0.25, -0.2) is 0 Å². The van der Waals surface area contributed by atoms with E-state index in [1.807, 2.05) is 4.68 Å². The van der Waals surface area contributed by atoms with Gasteiger partial charge in [0.25, 0.3) is 0 Å². The van der Waals surface area contributed by atoms with E-state index >= 15 is 0 Å². The molecule has 0 spiro atoms. The lowest BCUT2D eigenvalue weighted by Gasteiger charge is -2.24. The van der Waals surface area contributed by atoms with E-state index in [-0.39, 0.29) is 5.41 Å². The van der Waals surface area contributed by atoms with E-state index in [1.165, 1.54) is 27.6 Å². The molecule has 2 aromatic carbocycles. The first-order chi connectivity index (χ1) is 14.1. The number of hydrogen-bond donors (Lipinski definition) is 2. The molecule has 0 radical (unpaired) electrons. The normalized spacial score (nSPS) is 16.4. The fourth-order valence-electron chi connectivity index (χ4n) is 4.62. The quantitative estimate of drug-likeness (QED) is 0.513. The van der Waals surface area contributed by atoms with Gasteiger partial charge < -0.3 is 10.3 Å². The number of benzene rings is 2. The molecule has 2 aromatic heterocycles. The molecule has 1 atom stereocenters. The van der Waals surface area contributed by atoms with Crippen molar-refractivity contribution in [2.45, 2.75) is 51.2 Å². The highest BCUT2D eigenvalue weighted by Gasteiger charge is 2.26. The van der Waals surface area contributed by atoms with Gasteiger partial charge in [0.15, 0.2) is 0 Å². The van der Waals surface area contributed by atoms with Crippen LogP contribution < -0.4 is 5.32 Å². The van der Waals surface area contributed by atoms with Crippen LogP contribution in [0.15, 0.2) is 60.9 Å². The zero-order valence-corrected chi connectivity index (χ0v) is 17.0. The van der Waals surface area contributed by atoms with E-state index < -0.39 is 0 Å². The van der Waals surface area contributed by atoms with E-state index in [2.05, 4.69) is 95.4 Å². The summed E-state index contributed by atoms with van der Waals surface area (Å²) in [5, 5.41) is 13.7. The molecule has 0 amide bonds. The number of fused-ring (bicyclic) bond motifs is 2. The highest BCUT2D eigenvalue weighted by molar-refractivity contribution is 5.84. The van der Waals surface area contributed by atoms with E-state index in [4.69, 9.17) is 0 Å². The van der Waals surface area contributed by atoms with Crippen LogP contribution >= 0.6 is 0 Å². The van der Waals surface area contributed by atoms with Crippen LogP contribution in [0.2, 0.25) is 0 Å². The third-order valence-corrected chi connectivity index (χ3v) is 6.12. The number of rotatable bonds is 6. The molecule has 29 heavy (non-hydrogen) atoms. The summed E-state index contributed by atoms with van der Waals surface area (Å²) in [6.07, 6.45) is 6.51. The second-order valence-corrected chi connectivity index (χ2v) is 8.71. The van der Waals surface area contributed by atoms with Crippen LogP contribution in [0.5, 0.6) is 0 Å². The molecule has 0 aliphatic heterocycles. The summed E-state index contributed by atoms with van der Waals surface area (Å²) < 4.78 is 1.97. The maximum Gasteiger partial charge on any atom is 0.0965 e. The number of aromatic amines is 1. The van der Waals surface area contributed by atoms with Gasteiger partial charge in [0.1, 0.15) is 0 Å². The molecular formula is C24H27N5. The third-order valence-electron chi connectivity index (χ3n) is 6.12. The maximum absolute atomic E-state index is 4.40. The number of para-hydroxylation sites is 1. The molecule has 5 rings (SSSR count). The maximum atomic E-state index is 4.40. The Labute approximate surface area is 171 Å². The number of aryl methyl sites for hydroxylation is 1. The molecule has 5 nitrogen and oxygen atoms in total. The van der Waals surface area contributed by atoms with Crippen molar-refractivity contribution in [3.63, 3.8) is 0 Å². The van der Waals surface area contributed by atoms with Crippen LogP contribution in [0.25, 0.3) is 10.9 Å². The first-order valence-corrected chi connectivity index (χ1v) is 10.4. The Morgan fingerprint density at radius 2 is 1.97 bits per heavy atom. The minimum atomic E-state index is -0.0532. The van der Waals surface area contributed by atoms with Crippen LogP contribution in [-0.4, -0.2) is 20.0 Å². The fourth-order valence-corrected chi connectivity index (χ4v) is 4.62. The van der Waals surface area contributed by atoms with Crippen LogP contribution in [0.1, 0.15) is 48.7 Å². The van der Waals surface area contributed by atoms with Crippen molar-refractivity contribution in [1.82, 2.24) is 25.3 Å². The SMILES string of the molecule is CC(C)(Cn1cc(CN[C@@H]2CCc3ccccc32)nn1)c1c[nH]c2ccccc12. The van der Waals surface area contributed by atoms with Crippen LogP contribution in [0.3, 0.4) is 0 Å². The Balaban J connectivity index is 1.27. The molecule has 1 aliphatic carbocycles. The summed E-state index contributed by atoms with van der Waals surface area (Å²) in [7, 11) is 0. The summed E-state index contributed by atoms with van der Waals surface area (Å²) in [6.45, 7) is 6.05. The number of aromatic nitrogens is 4. The average Bonchev–Trinajstić information content (AvgIpc) is 3.44. The van der Waals surface area contributed by atoms with Gasteiger partial charge in [0, 0.05) is 41.3 Å². The molecule has 148 valence electrons. The summed E-state index contributed by atoms with van der Waals surface area (Å²) in [5.41, 5.74) is 6.32. The first-order valence-electron chi connectivity index (χ1n) is 10.4. The Bertz CT molecular complexity index is 1140. The highest BCUT2D eigenvalue weighted by atomic mass is 15.4. The summed E-state index contributed by atoms with van der Waals surface area (Å²) in [5.74, 6) is 0. The van der Waals surface area contributed by atoms with E-state index in [1.54, 1.807) is 0 Å². The number of nitrogens with one attached hydrogen (secondary N) is 2. The van der Waals surface area contributed by atoms with E-state index in [0.717, 1.165) is 31.6 Å². The Hall–Kier alpha value is -2.92. The van der Waals surface area contributed by atoms with Gasteiger partial charge in [-0.1, -0.05) is 61.5 Å². The molecular weight excluding hydrogens is 358 g/mol. The molecule has 4 aromatic rings. The lowest BCUT2D eigenvalue weighted by atomic mass is 9.84. The predicted octanol–water partition coefficient (Wildman–Crippen LogP) is 4.51. The summed E-state index contributed by atoms with van der Waals surface area (Å²) >= 11 is 0. The van der Waals surface area contributed by atoms with Crippen molar-refractivity contribution < 1.29 is 0 Å². The smallest absolute Gasteiger partial charge is 0.0965 e. The van der Waals surface area contributed by atoms with Crippen LogP contribution in [-0.2, 0) is 24.9 Å². The first kappa shape index (κ1) is 18.1. The Kier molecular flexibility index (Phi) is 4.47. The predicted molar refractivity (Wildman–Crippen MR) is 116 cm³/mol. The van der Waals surface area contributed by atoms with Crippen molar-refractivity contribution >= 4 is 10.9 Å². The average molecular weight is 386 g/mol. The molecule has 0 unspecified atom stereocenters. The van der Waals surface area contributed by atoms with Crippen molar-refractivity contribution in [2.24, 2.45) is 0 Å². The highest BCUT2D eigenvalue weighted by Crippen LogP contribution is 2.32. The Morgan fingerprint density at radius 3 is 2.90 bits per heavy atom. The van der Waals surface area contributed by atoms with Gasteiger partial charge in [-0.05, 0) is 35.6 Å². The van der Waals surface area contributed by atoms with Gasteiger partial charge in [0.2, 0.25) is 0 Å². The zero-order valence-electron chi connectivity index (χ0n) is 17.0. The number of hydrogen-bond acceptors (Lipinski definition) is 3. The summed E-state index contributed by atoms with van der Waals surface area (Å²) in [4.78, 5) is 3.39. The number of nitrogens with zero attached hydrogens (tertiary/aromatic N) is 3. The molecule has 2 heterocycles. The molecule has 1 aliphatic rings. The third kappa shape index (κ3) is 3.47. The lowest BCUT2D eigenvalue weighted by molar-refractivity contribution is 0.404. The largest absolute Gasteiger partial charge is 0.361 e. The van der Waals surface area contributed by atoms with Gasteiger partial charge in [-0.2, -0.15) is 0 Å². The monoisotopic (exact) mass is 385 g/mol. The van der Waals surface area contributed by atoms with E-state index in [0.29, 0.717) is 6.04 Å². The van der Waals surface area contributed by atoms with Crippen LogP contribution in [0.4, 0.5) is 0 Å². The minimum absolute atomic E-state index is 0.0532.